The van der Waals surface area contributed by atoms with Crippen LogP contribution in [0.1, 0.15) is 52.4 Å². The van der Waals surface area contributed by atoms with Crippen LogP contribution < -0.4 is 16.0 Å². The number of hydrogen-bond donors (Lipinski definition) is 5. The van der Waals surface area contributed by atoms with E-state index >= 15 is 0 Å². The van der Waals surface area contributed by atoms with Gasteiger partial charge in [0.1, 0.15) is 6.04 Å². The van der Waals surface area contributed by atoms with Gasteiger partial charge in [-0.15, -0.1) is 0 Å². The van der Waals surface area contributed by atoms with Crippen molar-refractivity contribution < 1.29 is 29.4 Å². The van der Waals surface area contributed by atoms with Gasteiger partial charge >= 0.3 is 5.97 Å². The summed E-state index contributed by atoms with van der Waals surface area (Å²) in [4.78, 5) is 52.4. The number of aliphatic hydroxyl groups is 1. The van der Waals surface area contributed by atoms with Crippen molar-refractivity contribution in [2.24, 2.45) is 10.9 Å². The number of aliphatic hydroxyl groups excluding tert-OH is 1. The third-order valence-corrected chi connectivity index (χ3v) is 5.07. The molecule has 0 aliphatic carbocycles. The highest BCUT2D eigenvalue weighted by atomic mass is 16.4. The van der Waals surface area contributed by atoms with E-state index in [4.69, 9.17) is 5.11 Å². The highest BCUT2D eigenvalue weighted by Crippen LogP contribution is 2.16. The number of aliphatic imine (C=N–C) groups is 1. The van der Waals surface area contributed by atoms with E-state index in [1.807, 2.05) is 12.2 Å². The van der Waals surface area contributed by atoms with Gasteiger partial charge < -0.3 is 26.2 Å². The Balaban J connectivity index is 2.91. The minimum atomic E-state index is -1.13. The van der Waals surface area contributed by atoms with Gasteiger partial charge in [0.2, 0.25) is 17.7 Å². The van der Waals surface area contributed by atoms with Gasteiger partial charge in [-0.1, -0.05) is 12.2 Å². The summed E-state index contributed by atoms with van der Waals surface area (Å²) >= 11 is 0. The molecule has 4 atom stereocenters. The molecule has 0 aromatic rings. The summed E-state index contributed by atoms with van der Waals surface area (Å²) in [5.41, 5.74) is 0.839. The van der Waals surface area contributed by atoms with E-state index in [0.717, 1.165) is 12.1 Å². The summed E-state index contributed by atoms with van der Waals surface area (Å²) in [6.45, 7) is 3.62. The quantitative estimate of drug-likeness (QED) is 0.273. The average molecular weight is 439 g/mol. The lowest BCUT2D eigenvalue weighted by Gasteiger charge is -2.28. The lowest BCUT2D eigenvalue weighted by atomic mass is 9.91. The predicted octanol–water partition coefficient (Wildman–Crippen LogP) is 0.155. The number of amides is 3. The Kier molecular flexibility index (Phi) is 11.5. The molecular formula is C21H34N4O6. The summed E-state index contributed by atoms with van der Waals surface area (Å²) < 4.78 is 0. The summed E-state index contributed by atoms with van der Waals surface area (Å²) in [6.07, 6.45) is 4.77. The summed E-state index contributed by atoms with van der Waals surface area (Å²) in [5.74, 6) is -3.05. The molecular weight excluding hydrogens is 404 g/mol. The molecule has 1 aliphatic rings. The van der Waals surface area contributed by atoms with Crippen LogP contribution in [0.3, 0.4) is 0 Å². The van der Waals surface area contributed by atoms with E-state index in [1.54, 1.807) is 6.92 Å². The molecule has 10 heteroatoms. The number of carbonyl (C=O) groups is 4. The number of hydrogen-bond acceptors (Lipinski definition) is 6. The lowest BCUT2D eigenvalue weighted by Crippen LogP contribution is -2.55. The lowest BCUT2D eigenvalue weighted by molar-refractivity contribution is -0.137. The molecule has 0 radical (unpaired) electrons. The van der Waals surface area contributed by atoms with Gasteiger partial charge in [0.05, 0.1) is 18.6 Å². The first-order chi connectivity index (χ1) is 14.6. The summed E-state index contributed by atoms with van der Waals surface area (Å²) in [5, 5.41) is 26.4. The number of nitrogens with zero attached hydrogens (tertiary/aromatic N) is 1. The number of carboxylic acids is 1. The molecule has 31 heavy (non-hydrogen) atoms. The van der Waals surface area contributed by atoms with Crippen molar-refractivity contribution in [3.63, 3.8) is 0 Å². The number of likely N-dealkylation sites (N-methyl/N-ethyl adjacent to an activating group) is 1. The second kappa shape index (κ2) is 13.5. The standard InChI is InChI=1S/C21H34N4O6/c1-13(24-17(27)9-7-10-18(28)29)16(12-15-8-5-4-6-11-23-15)20(30)25-19(14(2)26)21(31)22-3/h4,6,13-14,16,19,26H,5,7-12H2,1-3H3,(H,22,31)(H,24,27)(H,25,30)(H,28,29). The van der Waals surface area contributed by atoms with Crippen molar-refractivity contribution >= 4 is 29.4 Å². The second-order valence-electron chi connectivity index (χ2n) is 7.67. The fourth-order valence-electron chi connectivity index (χ4n) is 3.27. The fourth-order valence-corrected chi connectivity index (χ4v) is 3.27. The van der Waals surface area contributed by atoms with Crippen molar-refractivity contribution in [3.05, 3.63) is 12.2 Å². The van der Waals surface area contributed by atoms with Crippen LogP contribution in [-0.2, 0) is 19.2 Å². The van der Waals surface area contributed by atoms with Gasteiger partial charge in [0.15, 0.2) is 0 Å². The molecule has 0 saturated carbocycles. The first-order valence-corrected chi connectivity index (χ1v) is 10.5. The monoisotopic (exact) mass is 438 g/mol. The topological polar surface area (TPSA) is 157 Å². The summed E-state index contributed by atoms with van der Waals surface area (Å²) in [7, 11) is 1.41. The van der Waals surface area contributed by atoms with E-state index in [1.165, 1.54) is 14.0 Å². The number of carboxylic acid groups (broad SMARTS) is 1. The largest absolute Gasteiger partial charge is 0.481 e. The Morgan fingerprint density at radius 1 is 1.10 bits per heavy atom. The normalized spacial score (nSPS) is 17.4. The molecule has 1 heterocycles. The Morgan fingerprint density at radius 3 is 2.42 bits per heavy atom. The highest BCUT2D eigenvalue weighted by Gasteiger charge is 2.32. The van der Waals surface area contributed by atoms with Gasteiger partial charge in [-0.25, -0.2) is 0 Å². The minimum absolute atomic E-state index is 0.0321. The van der Waals surface area contributed by atoms with Crippen LogP contribution in [0.15, 0.2) is 17.1 Å². The molecule has 0 fully saturated rings. The van der Waals surface area contributed by atoms with Gasteiger partial charge in [-0.2, -0.15) is 0 Å². The zero-order valence-corrected chi connectivity index (χ0v) is 18.4. The van der Waals surface area contributed by atoms with Crippen LogP contribution in [0.2, 0.25) is 0 Å². The number of rotatable bonds is 12. The average Bonchev–Trinajstić information content (AvgIpc) is 2.97. The van der Waals surface area contributed by atoms with Crippen LogP contribution in [0.4, 0.5) is 0 Å². The number of nitrogens with one attached hydrogen (secondary N) is 3. The fraction of sp³-hybridized carbons (Fsp3) is 0.667. The van der Waals surface area contributed by atoms with Crippen molar-refractivity contribution in [1.29, 1.82) is 0 Å². The molecule has 1 aliphatic heterocycles. The number of carbonyl (C=O) groups excluding carboxylic acids is 3. The van der Waals surface area contributed by atoms with Crippen LogP contribution >= 0.6 is 0 Å². The van der Waals surface area contributed by atoms with Crippen molar-refractivity contribution in [3.8, 4) is 0 Å². The van der Waals surface area contributed by atoms with E-state index in [0.29, 0.717) is 19.4 Å². The van der Waals surface area contributed by atoms with E-state index in [2.05, 4.69) is 20.9 Å². The molecule has 0 aromatic heterocycles. The molecule has 4 unspecified atom stereocenters. The van der Waals surface area contributed by atoms with Crippen LogP contribution in [0.5, 0.6) is 0 Å². The predicted molar refractivity (Wildman–Crippen MR) is 116 cm³/mol. The molecule has 0 aromatic carbocycles. The maximum Gasteiger partial charge on any atom is 0.303 e. The van der Waals surface area contributed by atoms with Crippen molar-refractivity contribution in [2.45, 2.75) is 70.6 Å². The zero-order valence-electron chi connectivity index (χ0n) is 18.4. The Labute approximate surface area is 182 Å². The maximum atomic E-state index is 13.1. The smallest absolute Gasteiger partial charge is 0.303 e. The number of allylic oxidation sites excluding steroid dienone is 1. The van der Waals surface area contributed by atoms with Gasteiger partial charge in [-0.3, -0.25) is 24.2 Å². The molecule has 5 N–H and O–H groups in total. The SMILES string of the molecule is CNC(=O)C(NC(=O)C(CC1=NCC=CCC1)C(C)NC(=O)CCCC(=O)O)C(C)O. The van der Waals surface area contributed by atoms with Crippen LogP contribution in [0, 0.1) is 5.92 Å². The Bertz CT molecular complexity index is 704. The van der Waals surface area contributed by atoms with Crippen LogP contribution in [-0.4, -0.2) is 71.4 Å². The first-order valence-electron chi connectivity index (χ1n) is 10.5. The van der Waals surface area contributed by atoms with Gasteiger partial charge in [-0.05, 0) is 39.5 Å². The number of aliphatic carboxylic acids is 1. The second-order valence-corrected chi connectivity index (χ2v) is 7.67. The molecule has 0 bridgehead atoms. The Hall–Kier alpha value is -2.75. The van der Waals surface area contributed by atoms with E-state index in [-0.39, 0.29) is 25.2 Å². The van der Waals surface area contributed by atoms with Gasteiger partial charge in [0.25, 0.3) is 0 Å². The van der Waals surface area contributed by atoms with E-state index in [9.17, 15) is 24.3 Å². The first kappa shape index (κ1) is 26.3. The van der Waals surface area contributed by atoms with E-state index < -0.39 is 41.9 Å². The van der Waals surface area contributed by atoms with Crippen molar-refractivity contribution in [2.75, 3.05) is 13.6 Å². The Morgan fingerprint density at radius 2 is 1.81 bits per heavy atom. The summed E-state index contributed by atoms with van der Waals surface area (Å²) in [6, 6.07) is -1.72. The molecule has 3 amide bonds. The zero-order chi connectivity index (χ0) is 23.4. The molecule has 0 saturated heterocycles. The molecule has 10 nitrogen and oxygen atoms in total. The molecule has 1 rings (SSSR count). The highest BCUT2D eigenvalue weighted by molar-refractivity contribution is 5.93. The third-order valence-electron chi connectivity index (χ3n) is 5.07. The van der Waals surface area contributed by atoms with Gasteiger partial charge in [0, 0.05) is 31.6 Å². The maximum absolute atomic E-state index is 13.1. The van der Waals surface area contributed by atoms with Crippen LogP contribution in [0.25, 0.3) is 0 Å². The third kappa shape index (κ3) is 9.73. The molecule has 174 valence electrons. The molecule has 0 spiro atoms. The van der Waals surface area contributed by atoms with Crippen molar-refractivity contribution in [1.82, 2.24) is 16.0 Å². The minimum Gasteiger partial charge on any atom is -0.481 e.